The van der Waals surface area contributed by atoms with Gasteiger partial charge >= 0.3 is 0 Å². The lowest BCUT2D eigenvalue weighted by Gasteiger charge is -2.33. The van der Waals surface area contributed by atoms with Gasteiger partial charge in [0.25, 0.3) is 0 Å². The number of nitrogens with one attached hydrogen (secondary N) is 1. The van der Waals surface area contributed by atoms with Crippen molar-refractivity contribution in [3.05, 3.63) is 71.4 Å². The molecule has 2 aliphatic heterocycles. The summed E-state index contributed by atoms with van der Waals surface area (Å²) >= 11 is 0. The number of sulfonamides is 2. The summed E-state index contributed by atoms with van der Waals surface area (Å²) in [5, 5.41) is 3.11. The van der Waals surface area contributed by atoms with Crippen LogP contribution in [0, 0.1) is 11.6 Å². The van der Waals surface area contributed by atoms with Crippen molar-refractivity contribution in [3.8, 4) is 0 Å². The van der Waals surface area contributed by atoms with Crippen molar-refractivity contribution < 1.29 is 25.6 Å². The molecule has 15 heteroatoms. The van der Waals surface area contributed by atoms with Crippen molar-refractivity contribution in [2.75, 3.05) is 38.7 Å². The van der Waals surface area contributed by atoms with E-state index in [4.69, 9.17) is 17.2 Å². The maximum absolute atomic E-state index is 14.3. The van der Waals surface area contributed by atoms with Crippen LogP contribution in [-0.2, 0) is 31.1 Å². The second-order valence-electron chi connectivity index (χ2n) is 12.7. The number of nitrogens with two attached hydrogens (primary N) is 3. The molecule has 0 unspecified atom stereocenters. The Balaban J connectivity index is 0.000000240. The van der Waals surface area contributed by atoms with Crippen molar-refractivity contribution >= 4 is 37.3 Å². The molecule has 44 heavy (non-hydrogen) atoms. The molecule has 0 saturated carbocycles. The Hall–Kier alpha value is -3.27. The third-order valence-corrected chi connectivity index (χ3v) is 13.4. The average molecular weight is 656 g/mol. The van der Waals surface area contributed by atoms with E-state index in [2.05, 4.69) is 16.9 Å². The Morgan fingerprint density at radius 3 is 1.73 bits per heavy atom. The lowest BCUT2D eigenvalue weighted by molar-refractivity contribution is 0.316. The minimum absolute atomic E-state index is 0.0279. The van der Waals surface area contributed by atoms with Crippen molar-refractivity contribution in [3.63, 3.8) is 0 Å². The van der Waals surface area contributed by atoms with Crippen LogP contribution in [0.2, 0.25) is 0 Å². The van der Waals surface area contributed by atoms with Crippen LogP contribution in [0.3, 0.4) is 0 Å². The lowest BCUT2D eigenvalue weighted by atomic mass is 9.89. The predicted molar refractivity (Wildman–Crippen MR) is 171 cm³/mol. The van der Waals surface area contributed by atoms with Gasteiger partial charge in [-0.15, -0.1) is 0 Å². The quantitative estimate of drug-likeness (QED) is 0.357. The predicted octanol–water partition coefficient (Wildman–Crippen LogP) is 2.81. The van der Waals surface area contributed by atoms with Gasteiger partial charge in [-0.2, -0.15) is 0 Å². The number of likely N-dealkylation sites (N-methyl/N-ethyl adjacent to an activating group) is 2. The molecule has 11 nitrogen and oxygen atoms in total. The molecule has 2 aromatic carbocycles. The maximum Gasteiger partial charge on any atom is 0.226 e. The van der Waals surface area contributed by atoms with Gasteiger partial charge in [-0.05, 0) is 77.9 Å². The van der Waals surface area contributed by atoms with Gasteiger partial charge < -0.3 is 22.5 Å². The van der Waals surface area contributed by atoms with E-state index >= 15 is 0 Å². The Labute approximate surface area is 259 Å². The van der Waals surface area contributed by atoms with E-state index in [0.717, 1.165) is 0 Å². The molecule has 0 radical (unpaired) electrons. The van der Waals surface area contributed by atoms with Gasteiger partial charge in [0.1, 0.15) is 32.5 Å². The van der Waals surface area contributed by atoms with Crippen LogP contribution >= 0.6 is 0 Å². The Kier molecular flexibility index (Phi) is 9.02. The highest BCUT2D eigenvalue weighted by Crippen LogP contribution is 2.38. The fourth-order valence-corrected chi connectivity index (χ4v) is 8.37. The standard InChI is InChI=1S/C15H22FN3O2S.C14H21FN4O2S/c1-10-14(2,3)22(20,21)19(5)9-15(4,18-10)12-8-11(17)6-7-13(12)16;1-13(2)12(17)18-14(3,8-19(4)22(13,20)21)10-7-9(16)5-6-11(10)15/h6-8,18H,1,9,17H2,2-5H3;5-7H,8,16H2,1-4H3,(H2,17,18)/t15-;14-/m00/s1. The number of aliphatic imine (C=N–C) groups is 1. The molecular weight excluding hydrogens is 612 g/mol. The van der Waals surface area contributed by atoms with Gasteiger partial charge in [0, 0.05) is 55.4 Å². The monoisotopic (exact) mass is 655 g/mol. The molecule has 4 rings (SSSR count). The molecule has 0 aliphatic carbocycles. The summed E-state index contributed by atoms with van der Waals surface area (Å²) in [6.07, 6.45) is 0. The number of rotatable bonds is 2. The van der Waals surface area contributed by atoms with E-state index in [-0.39, 0.29) is 24.5 Å². The molecule has 0 bridgehead atoms. The first-order valence-corrected chi connectivity index (χ1v) is 16.6. The normalized spacial score (nSPS) is 28.0. The first-order valence-electron chi connectivity index (χ1n) is 13.7. The highest BCUT2D eigenvalue weighted by atomic mass is 32.2. The Morgan fingerprint density at radius 1 is 0.773 bits per heavy atom. The second kappa shape index (κ2) is 11.3. The maximum atomic E-state index is 14.3. The SMILES string of the molecule is C=C1N[C@](C)(c2cc(N)ccc2F)CN(C)S(=O)(=O)C1(C)C.CN1C[C@@](C)(c2cc(N)ccc2F)N=C(N)C(C)(C)S1(=O)=O. The van der Waals surface area contributed by atoms with Crippen molar-refractivity contribution in [2.24, 2.45) is 10.7 Å². The van der Waals surface area contributed by atoms with E-state index in [1.165, 1.54) is 73.0 Å². The van der Waals surface area contributed by atoms with Crippen LogP contribution in [0.15, 0.2) is 53.7 Å². The molecule has 2 atom stereocenters. The zero-order valence-corrected chi connectivity index (χ0v) is 28.0. The van der Waals surface area contributed by atoms with E-state index in [0.29, 0.717) is 22.6 Å². The molecule has 1 fully saturated rings. The van der Waals surface area contributed by atoms with Crippen LogP contribution in [0.25, 0.3) is 0 Å². The summed E-state index contributed by atoms with van der Waals surface area (Å²) in [6.45, 7) is 13.4. The fraction of sp³-hybridized carbons (Fsp3) is 0.483. The number of nitrogen functional groups attached to an aromatic ring is 2. The lowest BCUT2D eigenvalue weighted by Crippen LogP contribution is -2.50. The molecule has 7 N–H and O–H groups in total. The van der Waals surface area contributed by atoms with Gasteiger partial charge in [0.15, 0.2) is 0 Å². The number of anilines is 2. The van der Waals surface area contributed by atoms with E-state index in [1.807, 2.05) is 0 Å². The van der Waals surface area contributed by atoms with Crippen molar-refractivity contribution in [1.82, 2.24) is 13.9 Å². The number of amidine groups is 1. The highest BCUT2D eigenvalue weighted by molar-refractivity contribution is 7.91. The number of hydrogen-bond donors (Lipinski definition) is 4. The second-order valence-corrected chi connectivity index (χ2v) is 17.9. The molecule has 1 saturated heterocycles. The van der Waals surface area contributed by atoms with E-state index in [9.17, 15) is 25.6 Å². The van der Waals surface area contributed by atoms with Gasteiger partial charge in [-0.25, -0.2) is 34.2 Å². The number of benzene rings is 2. The first-order chi connectivity index (χ1) is 19.8. The van der Waals surface area contributed by atoms with Gasteiger partial charge in [-0.3, -0.25) is 4.99 Å². The van der Waals surface area contributed by atoms with Crippen molar-refractivity contribution in [1.29, 1.82) is 0 Å². The molecule has 2 heterocycles. The fourth-order valence-electron chi connectivity index (χ4n) is 5.29. The summed E-state index contributed by atoms with van der Waals surface area (Å²) in [7, 11) is -4.39. The molecule has 2 aliphatic rings. The highest BCUT2D eigenvalue weighted by Gasteiger charge is 2.49. The smallest absolute Gasteiger partial charge is 0.226 e. The third kappa shape index (κ3) is 5.89. The number of hydrogen-bond acceptors (Lipinski definition) is 9. The first kappa shape index (κ1) is 35.2. The zero-order chi connectivity index (χ0) is 33.8. The molecular formula is C29H43F2N7O4S2. The number of halogens is 2. The Morgan fingerprint density at radius 2 is 1.20 bits per heavy atom. The minimum Gasteiger partial charge on any atom is -0.399 e. The summed E-state index contributed by atoms with van der Waals surface area (Å²) in [6, 6.07) is 8.42. The zero-order valence-electron chi connectivity index (χ0n) is 26.4. The van der Waals surface area contributed by atoms with Gasteiger partial charge in [-0.1, -0.05) is 6.58 Å². The van der Waals surface area contributed by atoms with Crippen molar-refractivity contribution in [2.45, 2.75) is 62.1 Å². The molecule has 0 amide bonds. The van der Waals surface area contributed by atoms with Gasteiger partial charge in [0.05, 0.1) is 5.54 Å². The van der Waals surface area contributed by atoms with Crippen LogP contribution < -0.4 is 22.5 Å². The van der Waals surface area contributed by atoms with E-state index < -0.39 is 52.3 Å². The Bertz CT molecular complexity index is 1720. The number of nitrogens with zero attached hydrogens (tertiary/aromatic N) is 3. The summed E-state index contributed by atoms with van der Waals surface area (Å²) in [5.74, 6) is -0.998. The minimum atomic E-state index is -3.70. The van der Waals surface area contributed by atoms with Crippen LogP contribution in [-0.4, -0.2) is 68.0 Å². The topological polar surface area (TPSA) is 177 Å². The third-order valence-electron chi connectivity index (χ3n) is 8.47. The molecule has 244 valence electrons. The largest absolute Gasteiger partial charge is 0.399 e. The average Bonchev–Trinajstić information content (AvgIpc) is 2.97. The summed E-state index contributed by atoms with van der Waals surface area (Å²) in [4.78, 5) is 4.36. The molecule has 2 aromatic rings. The van der Waals surface area contributed by atoms with Crippen LogP contribution in [0.4, 0.5) is 20.2 Å². The van der Waals surface area contributed by atoms with Crippen LogP contribution in [0.5, 0.6) is 0 Å². The van der Waals surface area contributed by atoms with Gasteiger partial charge in [0.2, 0.25) is 20.0 Å². The van der Waals surface area contributed by atoms with E-state index in [1.54, 1.807) is 27.7 Å². The molecule has 0 spiro atoms. The summed E-state index contributed by atoms with van der Waals surface area (Å²) in [5.41, 5.74) is 17.0. The van der Waals surface area contributed by atoms with Crippen LogP contribution in [0.1, 0.15) is 52.7 Å². The molecule has 0 aromatic heterocycles. The summed E-state index contributed by atoms with van der Waals surface area (Å²) < 4.78 is 78.8.